The molecule has 0 radical (unpaired) electrons. The van der Waals surface area contributed by atoms with Crippen LogP contribution in [0, 0.1) is 5.92 Å². The van der Waals surface area contributed by atoms with Gasteiger partial charge >= 0.3 is 5.97 Å². The van der Waals surface area contributed by atoms with Gasteiger partial charge in [0.15, 0.2) is 0 Å². The zero-order valence-electron chi connectivity index (χ0n) is 20.3. The summed E-state index contributed by atoms with van der Waals surface area (Å²) in [6, 6.07) is 0.763. The Morgan fingerprint density at radius 1 is 0.889 bits per heavy atom. The van der Waals surface area contributed by atoms with Crippen LogP contribution < -0.4 is 27.4 Å². The number of aliphatic hydroxyl groups is 1. The molecule has 0 saturated carbocycles. The summed E-state index contributed by atoms with van der Waals surface area (Å²) in [4.78, 5) is 60.4. The van der Waals surface area contributed by atoms with Crippen LogP contribution in [0.2, 0.25) is 0 Å². The van der Waals surface area contributed by atoms with Crippen LogP contribution in [0.25, 0.3) is 0 Å². The number of aliphatic carboxylic acids is 1. The van der Waals surface area contributed by atoms with E-state index >= 15 is 0 Å². The van der Waals surface area contributed by atoms with Crippen LogP contribution in [0.15, 0.2) is 24.3 Å². The molecule has 13 nitrogen and oxygen atoms in total. The summed E-state index contributed by atoms with van der Waals surface area (Å²) < 4.78 is 0. The number of nitrogens with two attached hydrogens (primary N) is 2. The largest absolute Gasteiger partial charge is 0.508 e. The van der Waals surface area contributed by atoms with Crippen LogP contribution >= 0.6 is 0 Å². The van der Waals surface area contributed by atoms with E-state index < -0.39 is 60.4 Å². The fourth-order valence-electron chi connectivity index (χ4n) is 3.22. The number of aliphatic hydroxyl groups excluding tert-OH is 1. The number of aromatic hydroxyl groups is 1. The molecule has 4 amide bonds. The Kier molecular flexibility index (Phi) is 12.3. The molecule has 4 atom stereocenters. The van der Waals surface area contributed by atoms with Crippen molar-refractivity contribution in [1.29, 1.82) is 0 Å². The van der Waals surface area contributed by atoms with Gasteiger partial charge in [-0.05, 0) is 36.5 Å². The average Bonchev–Trinajstić information content (AvgIpc) is 2.80. The third kappa shape index (κ3) is 10.7. The molecule has 0 aliphatic rings. The molecule has 4 unspecified atom stereocenters. The van der Waals surface area contributed by atoms with Crippen molar-refractivity contribution in [2.75, 3.05) is 6.61 Å². The lowest BCUT2D eigenvalue weighted by Crippen LogP contribution is -2.58. The zero-order chi connectivity index (χ0) is 27.4. The van der Waals surface area contributed by atoms with Crippen LogP contribution in [-0.4, -0.2) is 75.7 Å². The molecule has 13 heteroatoms. The molecule has 0 spiro atoms. The highest BCUT2D eigenvalue weighted by Crippen LogP contribution is 2.12. The van der Waals surface area contributed by atoms with E-state index in [0.717, 1.165) is 0 Å². The minimum atomic E-state index is -1.44. The van der Waals surface area contributed by atoms with Crippen LogP contribution in [0.5, 0.6) is 5.75 Å². The van der Waals surface area contributed by atoms with Crippen LogP contribution in [0.1, 0.15) is 38.7 Å². The van der Waals surface area contributed by atoms with Crippen molar-refractivity contribution < 1.29 is 39.3 Å². The van der Waals surface area contributed by atoms with E-state index in [0.29, 0.717) is 5.56 Å². The first kappa shape index (κ1) is 30.3. The first-order valence-electron chi connectivity index (χ1n) is 11.4. The highest BCUT2D eigenvalue weighted by molar-refractivity contribution is 5.94. The minimum absolute atomic E-state index is 0.00808. The van der Waals surface area contributed by atoms with Gasteiger partial charge in [0.25, 0.3) is 0 Å². The molecule has 1 aromatic carbocycles. The summed E-state index contributed by atoms with van der Waals surface area (Å²) in [5, 5.41) is 35.7. The maximum Gasteiger partial charge on any atom is 0.326 e. The number of carbonyl (C=O) groups is 5. The molecule has 0 heterocycles. The van der Waals surface area contributed by atoms with Crippen molar-refractivity contribution in [1.82, 2.24) is 16.0 Å². The molecule has 0 fully saturated rings. The van der Waals surface area contributed by atoms with E-state index in [9.17, 15) is 39.3 Å². The van der Waals surface area contributed by atoms with Crippen molar-refractivity contribution in [2.45, 2.75) is 63.7 Å². The van der Waals surface area contributed by atoms with E-state index in [-0.39, 0.29) is 37.4 Å². The molecule has 0 bridgehead atoms. The normalized spacial score (nSPS) is 14.2. The quantitative estimate of drug-likeness (QED) is 0.132. The number of hydrogen-bond acceptors (Lipinski definition) is 8. The first-order valence-corrected chi connectivity index (χ1v) is 11.4. The molecular formula is C23H35N5O8. The number of carboxylic acid groups (broad SMARTS) is 1. The highest BCUT2D eigenvalue weighted by atomic mass is 16.4. The van der Waals surface area contributed by atoms with E-state index in [1.807, 2.05) is 0 Å². The van der Waals surface area contributed by atoms with E-state index in [2.05, 4.69) is 16.0 Å². The standard InChI is InChI=1S/C23H35N5O8/c1-12(2)9-16(21(33)27-17(23(35)36)10-13-3-5-14(30)6-4-13)26-22(34)18(11-29)28-20(32)15(24)7-8-19(25)31/h3-6,12,15-18,29-30H,7-11,24H2,1-2H3,(H2,25,31)(H,26,34)(H,27,33)(H,28,32)(H,35,36). The Morgan fingerprint density at radius 3 is 1.92 bits per heavy atom. The van der Waals surface area contributed by atoms with Crippen molar-refractivity contribution in [3.63, 3.8) is 0 Å². The predicted octanol–water partition coefficient (Wildman–Crippen LogP) is -1.90. The minimum Gasteiger partial charge on any atom is -0.508 e. The summed E-state index contributed by atoms with van der Waals surface area (Å²) in [7, 11) is 0. The smallest absolute Gasteiger partial charge is 0.326 e. The Balaban J connectivity index is 2.89. The number of phenolic OH excluding ortho intramolecular Hbond substituents is 1. The number of carbonyl (C=O) groups excluding carboxylic acids is 4. The summed E-state index contributed by atoms with van der Waals surface area (Å²) in [6.07, 6.45) is -0.122. The molecule has 10 N–H and O–H groups in total. The molecule has 200 valence electrons. The van der Waals surface area contributed by atoms with Gasteiger partial charge in [-0.1, -0.05) is 26.0 Å². The average molecular weight is 510 g/mol. The van der Waals surface area contributed by atoms with Gasteiger partial charge in [0, 0.05) is 12.8 Å². The maximum atomic E-state index is 12.9. The Labute approximate surface area is 208 Å². The van der Waals surface area contributed by atoms with Gasteiger partial charge < -0.3 is 42.7 Å². The zero-order valence-corrected chi connectivity index (χ0v) is 20.3. The van der Waals surface area contributed by atoms with Crippen molar-refractivity contribution >= 4 is 29.6 Å². The number of primary amides is 1. The van der Waals surface area contributed by atoms with E-state index in [4.69, 9.17) is 11.5 Å². The molecule has 1 rings (SSSR count). The van der Waals surface area contributed by atoms with E-state index in [1.165, 1.54) is 24.3 Å². The van der Waals surface area contributed by atoms with Crippen LogP contribution in [-0.2, 0) is 30.4 Å². The lowest BCUT2D eigenvalue weighted by molar-refractivity contribution is -0.142. The number of amides is 4. The fraction of sp³-hybridized carbons (Fsp3) is 0.522. The second kappa shape index (κ2) is 14.6. The Hall–Kier alpha value is -3.71. The van der Waals surface area contributed by atoms with Crippen LogP contribution in [0.4, 0.5) is 0 Å². The second-order valence-electron chi connectivity index (χ2n) is 8.82. The molecule has 36 heavy (non-hydrogen) atoms. The highest BCUT2D eigenvalue weighted by Gasteiger charge is 2.30. The van der Waals surface area contributed by atoms with Gasteiger partial charge in [-0.25, -0.2) is 4.79 Å². The Bertz CT molecular complexity index is 922. The number of benzene rings is 1. The summed E-state index contributed by atoms with van der Waals surface area (Å²) in [5.74, 6) is -4.45. The summed E-state index contributed by atoms with van der Waals surface area (Å²) in [5.41, 5.74) is 11.3. The molecule has 0 aromatic heterocycles. The molecule has 0 aliphatic carbocycles. The SMILES string of the molecule is CC(C)CC(NC(=O)C(CO)NC(=O)C(N)CCC(N)=O)C(=O)NC(Cc1ccc(O)cc1)C(=O)O. The summed E-state index contributed by atoms with van der Waals surface area (Å²) in [6.45, 7) is 2.79. The third-order valence-corrected chi connectivity index (χ3v) is 5.18. The molecule has 0 saturated heterocycles. The van der Waals surface area contributed by atoms with Crippen molar-refractivity contribution in [2.24, 2.45) is 17.4 Å². The number of phenols is 1. The fourth-order valence-corrected chi connectivity index (χ4v) is 3.22. The number of hydrogen-bond donors (Lipinski definition) is 8. The number of carboxylic acids is 1. The lowest BCUT2D eigenvalue weighted by atomic mass is 10.0. The Morgan fingerprint density at radius 2 is 1.42 bits per heavy atom. The van der Waals surface area contributed by atoms with Crippen molar-refractivity contribution in [3.05, 3.63) is 29.8 Å². The van der Waals surface area contributed by atoms with Crippen molar-refractivity contribution in [3.8, 4) is 5.75 Å². The predicted molar refractivity (Wildman–Crippen MR) is 128 cm³/mol. The summed E-state index contributed by atoms with van der Waals surface area (Å²) >= 11 is 0. The lowest BCUT2D eigenvalue weighted by Gasteiger charge is -2.25. The molecule has 0 aliphatic heterocycles. The van der Waals surface area contributed by atoms with Gasteiger partial charge in [-0.15, -0.1) is 0 Å². The molecular weight excluding hydrogens is 474 g/mol. The molecule has 1 aromatic rings. The first-order chi connectivity index (χ1) is 16.8. The van der Waals surface area contributed by atoms with Gasteiger partial charge in [0.05, 0.1) is 12.6 Å². The maximum absolute atomic E-state index is 12.9. The number of rotatable bonds is 15. The van der Waals surface area contributed by atoms with Crippen LogP contribution in [0.3, 0.4) is 0 Å². The van der Waals surface area contributed by atoms with Gasteiger partial charge in [-0.2, -0.15) is 0 Å². The van der Waals surface area contributed by atoms with Gasteiger partial charge in [-0.3, -0.25) is 19.2 Å². The monoisotopic (exact) mass is 509 g/mol. The topological polar surface area (TPSA) is 234 Å². The number of nitrogens with one attached hydrogen (secondary N) is 3. The third-order valence-electron chi connectivity index (χ3n) is 5.18. The van der Waals surface area contributed by atoms with Gasteiger partial charge in [0.1, 0.15) is 23.9 Å². The van der Waals surface area contributed by atoms with Gasteiger partial charge in [0.2, 0.25) is 23.6 Å². The second-order valence-corrected chi connectivity index (χ2v) is 8.82. The van der Waals surface area contributed by atoms with E-state index in [1.54, 1.807) is 13.8 Å².